The van der Waals surface area contributed by atoms with Crippen LogP contribution in [0.5, 0.6) is 5.75 Å². The minimum atomic E-state index is -3.45. The summed E-state index contributed by atoms with van der Waals surface area (Å²) in [5, 5.41) is 9.32. The lowest BCUT2D eigenvalue weighted by Crippen LogP contribution is -2.04. The van der Waals surface area contributed by atoms with Crippen LogP contribution >= 0.6 is 0 Å². The minimum Gasteiger partial charge on any atom is -0.493 e. The smallest absolute Gasteiger partial charge is 0.175 e. The van der Waals surface area contributed by atoms with Gasteiger partial charge in [0.2, 0.25) is 0 Å². The van der Waals surface area contributed by atoms with Gasteiger partial charge >= 0.3 is 0 Å². The fourth-order valence-electron chi connectivity index (χ4n) is 3.14. The number of pyridine rings is 1. The normalized spacial score (nSPS) is 11.1. The zero-order valence-corrected chi connectivity index (χ0v) is 18.2. The zero-order chi connectivity index (χ0) is 21.7. The van der Waals surface area contributed by atoms with Gasteiger partial charge in [0.05, 0.1) is 17.1 Å². The van der Waals surface area contributed by atoms with Gasteiger partial charge in [-0.05, 0) is 42.7 Å². The van der Waals surface area contributed by atoms with E-state index in [2.05, 4.69) is 18.0 Å². The molecular weight excluding hydrogens is 396 g/mol. The number of unbranched alkanes of at least 4 members (excludes halogenated alkanes) is 1. The molecule has 0 amide bonds. The van der Waals surface area contributed by atoms with Crippen LogP contribution in [0, 0.1) is 18.3 Å². The number of ether oxygens (including phenoxy) is 1. The third kappa shape index (κ3) is 4.87. The highest BCUT2D eigenvalue weighted by atomic mass is 32.2. The molecule has 154 valence electrons. The van der Waals surface area contributed by atoms with Crippen molar-refractivity contribution < 1.29 is 13.2 Å². The lowest BCUT2D eigenvalue weighted by atomic mass is 9.93. The molecule has 1 heterocycles. The molecule has 0 bridgehead atoms. The average Bonchev–Trinajstić information content (AvgIpc) is 2.73. The van der Waals surface area contributed by atoms with Gasteiger partial charge < -0.3 is 4.74 Å². The first kappa shape index (κ1) is 21.5. The van der Waals surface area contributed by atoms with Crippen LogP contribution in [0.25, 0.3) is 22.3 Å². The van der Waals surface area contributed by atoms with Crippen LogP contribution < -0.4 is 4.74 Å². The quantitative estimate of drug-likeness (QED) is 0.492. The summed E-state index contributed by atoms with van der Waals surface area (Å²) >= 11 is 0. The number of sulfone groups is 1. The van der Waals surface area contributed by atoms with Crippen LogP contribution in [-0.4, -0.2) is 26.3 Å². The van der Waals surface area contributed by atoms with Crippen molar-refractivity contribution in [2.75, 3.05) is 12.9 Å². The fourth-order valence-corrected chi connectivity index (χ4v) is 3.79. The van der Waals surface area contributed by atoms with Crippen molar-refractivity contribution in [3.63, 3.8) is 0 Å². The van der Waals surface area contributed by atoms with E-state index in [1.165, 1.54) is 12.5 Å². The molecule has 0 aliphatic carbocycles. The van der Waals surface area contributed by atoms with Gasteiger partial charge in [-0.15, -0.1) is 0 Å². The Balaban J connectivity index is 2.34. The van der Waals surface area contributed by atoms with E-state index in [4.69, 9.17) is 4.74 Å². The standard InChI is InChI=1S/C24H24N2O3S/c1-4-5-10-29-23-13-21(30(3,27)28)12-22(19-8-6-17(2)7-9-19)24(23)20-11-18(14-25)15-26-16-20/h6-9,11-13,15-16H,4-5,10H2,1-3H3. The average molecular weight is 421 g/mol. The Bertz CT molecular complexity index is 1190. The summed E-state index contributed by atoms with van der Waals surface area (Å²) in [6.07, 6.45) is 6.16. The second-order valence-electron chi connectivity index (χ2n) is 7.26. The predicted octanol–water partition coefficient (Wildman–Crippen LogP) is 5.18. The first-order valence-electron chi connectivity index (χ1n) is 9.77. The van der Waals surface area contributed by atoms with Crippen molar-refractivity contribution in [2.24, 2.45) is 0 Å². The molecule has 3 aromatic rings. The van der Waals surface area contributed by atoms with E-state index in [0.717, 1.165) is 35.1 Å². The first-order chi connectivity index (χ1) is 14.3. The molecule has 0 atom stereocenters. The number of benzene rings is 2. The lowest BCUT2D eigenvalue weighted by molar-refractivity contribution is 0.310. The Labute approximate surface area is 177 Å². The molecule has 0 saturated carbocycles. The molecule has 0 saturated heterocycles. The number of rotatable bonds is 7. The maximum Gasteiger partial charge on any atom is 0.175 e. The monoisotopic (exact) mass is 420 g/mol. The van der Waals surface area contributed by atoms with Crippen molar-refractivity contribution in [3.8, 4) is 34.1 Å². The van der Waals surface area contributed by atoms with Gasteiger partial charge in [-0.1, -0.05) is 43.2 Å². The molecule has 0 radical (unpaired) electrons. The molecule has 0 unspecified atom stereocenters. The number of nitriles is 1. The van der Waals surface area contributed by atoms with Crippen molar-refractivity contribution in [3.05, 3.63) is 66.0 Å². The summed E-state index contributed by atoms with van der Waals surface area (Å²) in [5.74, 6) is 0.471. The zero-order valence-electron chi connectivity index (χ0n) is 17.3. The van der Waals surface area contributed by atoms with Gasteiger partial charge in [0, 0.05) is 29.8 Å². The van der Waals surface area contributed by atoms with E-state index >= 15 is 0 Å². The Morgan fingerprint density at radius 1 is 1.07 bits per heavy atom. The summed E-state index contributed by atoms with van der Waals surface area (Å²) in [4.78, 5) is 4.39. The number of hydrogen-bond donors (Lipinski definition) is 0. The molecular formula is C24H24N2O3S. The van der Waals surface area contributed by atoms with Gasteiger partial charge in [-0.25, -0.2) is 8.42 Å². The highest BCUT2D eigenvalue weighted by Gasteiger charge is 2.20. The van der Waals surface area contributed by atoms with Crippen LogP contribution in [0.2, 0.25) is 0 Å². The minimum absolute atomic E-state index is 0.192. The summed E-state index contributed by atoms with van der Waals surface area (Å²) < 4.78 is 30.8. The molecule has 0 aliphatic rings. The second kappa shape index (κ2) is 9.10. The van der Waals surface area contributed by atoms with Crippen LogP contribution in [-0.2, 0) is 9.84 Å². The number of aromatic nitrogens is 1. The van der Waals surface area contributed by atoms with E-state index in [1.807, 2.05) is 31.2 Å². The van der Waals surface area contributed by atoms with E-state index in [0.29, 0.717) is 23.5 Å². The molecule has 1 aromatic heterocycles. The molecule has 30 heavy (non-hydrogen) atoms. The van der Waals surface area contributed by atoms with Crippen LogP contribution in [0.15, 0.2) is 59.8 Å². The van der Waals surface area contributed by atoms with Gasteiger partial charge in [0.1, 0.15) is 11.8 Å². The lowest BCUT2D eigenvalue weighted by Gasteiger charge is -2.18. The maximum absolute atomic E-state index is 12.4. The van der Waals surface area contributed by atoms with Crippen molar-refractivity contribution in [1.82, 2.24) is 4.98 Å². The highest BCUT2D eigenvalue weighted by molar-refractivity contribution is 7.90. The van der Waals surface area contributed by atoms with E-state index in [-0.39, 0.29) is 4.90 Å². The molecule has 0 fully saturated rings. The van der Waals surface area contributed by atoms with E-state index in [9.17, 15) is 13.7 Å². The van der Waals surface area contributed by atoms with Gasteiger partial charge in [-0.2, -0.15) is 5.26 Å². The molecule has 0 spiro atoms. The Morgan fingerprint density at radius 3 is 2.43 bits per heavy atom. The molecule has 0 aliphatic heterocycles. The number of hydrogen-bond acceptors (Lipinski definition) is 5. The Hall–Kier alpha value is -3.17. The first-order valence-corrected chi connectivity index (χ1v) is 11.7. The Kier molecular flexibility index (Phi) is 6.53. The van der Waals surface area contributed by atoms with Gasteiger partial charge in [0.15, 0.2) is 9.84 Å². The van der Waals surface area contributed by atoms with E-state index < -0.39 is 9.84 Å². The second-order valence-corrected chi connectivity index (χ2v) is 9.27. The van der Waals surface area contributed by atoms with Gasteiger partial charge in [-0.3, -0.25) is 4.98 Å². The molecule has 2 aromatic carbocycles. The Morgan fingerprint density at radius 2 is 1.80 bits per heavy atom. The fraction of sp³-hybridized carbons (Fsp3) is 0.250. The third-order valence-electron chi connectivity index (χ3n) is 4.78. The van der Waals surface area contributed by atoms with Crippen molar-refractivity contribution in [2.45, 2.75) is 31.6 Å². The van der Waals surface area contributed by atoms with Crippen molar-refractivity contribution in [1.29, 1.82) is 5.26 Å². The van der Waals surface area contributed by atoms with Crippen LogP contribution in [0.1, 0.15) is 30.9 Å². The number of nitrogens with zero attached hydrogens (tertiary/aromatic N) is 2. The van der Waals surface area contributed by atoms with Crippen LogP contribution in [0.3, 0.4) is 0 Å². The molecule has 0 N–H and O–H groups in total. The van der Waals surface area contributed by atoms with E-state index in [1.54, 1.807) is 24.4 Å². The third-order valence-corrected chi connectivity index (χ3v) is 5.87. The SMILES string of the molecule is CCCCOc1cc(S(C)(=O)=O)cc(-c2ccc(C)cc2)c1-c1cncc(C#N)c1. The molecule has 5 nitrogen and oxygen atoms in total. The number of aryl methyl sites for hydroxylation is 1. The maximum atomic E-state index is 12.4. The van der Waals surface area contributed by atoms with Crippen molar-refractivity contribution >= 4 is 9.84 Å². The summed E-state index contributed by atoms with van der Waals surface area (Å²) in [6, 6.07) is 15.0. The predicted molar refractivity (Wildman–Crippen MR) is 118 cm³/mol. The molecule has 3 rings (SSSR count). The van der Waals surface area contributed by atoms with Crippen LogP contribution in [0.4, 0.5) is 0 Å². The summed E-state index contributed by atoms with van der Waals surface area (Å²) in [7, 11) is -3.45. The summed E-state index contributed by atoms with van der Waals surface area (Å²) in [5.41, 5.74) is 4.55. The molecule has 6 heteroatoms. The summed E-state index contributed by atoms with van der Waals surface area (Å²) in [6.45, 7) is 4.53. The highest BCUT2D eigenvalue weighted by Crippen LogP contribution is 2.41. The largest absolute Gasteiger partial charge is 0.493 e. The van der Waals surface area contributed by atoms with Gasteiger partial charge in [0.25, 0.3) is 0 Å². The topological polar surface area (TPSA) is 80.1 Å².